The highest BCUT2D eigenvalue weighted by Crippen LogP contribution is 2.13. The first kappa shape index (κ1) is 9.73. The summed E-state index contributed by atoms with van der Waals surface area (Å²) in [4.78, 5) is 4.06. The second-order valence-corrected chi connectivity index (χ2v) is 2.69. The SMILES string of the molecule is CNC(=S)Nc1cc(OC)ccn1. The van der Waals surface area contributed by atoms with Crippen molar-refractivity contribution in [2.24, 2.45) is 0 Å². The van der Waals surface area contributed by atoms with Gasteiger partial charge in [0.05, 0.1) is 7.11 Å². The van der Waals surface area contributed by atoms with Crippen LogP contribution >= 0.6 is 12.2 Å². The normalized spacial score (nSPS) is 9.08. The molecular weight excluding hydrogens is 186 g/mol. The van der Waals surface area contributed by atoms with Crippen LogP contribution < -0.4 is 15.4 Å². The molecule has 0 aliphatic heterocycles. The summed E-state index contributed by atoms with van der Waals surface area (Å²) in [6.07, 6.45) is 1.65. The minimum Gasteiger partial charge on any atom is -0.497 e. The fourth-order valence-corrected chi connectivity index (χ4v) is 0.890. The Labute approximate surface area is 82.3 Å². The van der Waals surface area contributed by atoms with Crippen molar-refractivity contribution in [1.29, 1.82) is 0 Å². The van der Waals surface area contributed by atoms with Gasteiger partial charge >= 0.3 is 0 Å². The molecule has 0 unspecified atom stereocenters. The maximum atomic E-state index is 5.03. The van der Waals surface area contributed by atoms with Crippen LogP contribution in [0, 0.1) is 0 Å². The highest BCUT2D eigenvalue weighted by Gasteiger charge is 1.97. The lowest BCUT2D eigenvalue weighted by atomic mass is 10.4. The molecule has 0 atom stereocenters. The molecule has 1 aromatic rings. The molecule has 0 spiro atoms. The molecule has 0 fully saturated rings. The van der Waals surface area contributed by atoms with Gasteiger partial charge in [-0.3, -0.25) is 0 Å². The first-order valence-corrected chi connectivity index (χ1v) is 4.16. The smallest absolute Gasteiger partial charge is 0.171 e. The van der Waals surface area contributed by atoms with Gasteiger partial charge in [0.1, 0.15) is 11.6 Å². The second-order valence-electron chi connectivity index (χ2n) is 2.29. The Hall–Kier alpha value is -1.36. The van der Waals surface area contributed by atoms with Crippen molar-refractivity contribution in [2.45, 2.75) is 0 Å². The third kappa shape index (κ3) is 2.87. The van der Waals surface area contributed by atoms with Gasteiger partial charge in [-0.2, -0.15) is 0 Å². The van der Waals surface area contributed by atoms with Crippen molar-refractivity contribution in [3.8, 4) is 5.75 Å². The van der Waals surface area contributed by atoms with Crippen LogP contribution in [0.1, 0.15) is 0 Å². The summed E-state index contributed by atoms with van der Waals surface area (Å²) in [6, 6.07) is 3.54. The second kappa shape index (κ2) is 4.61. The lowest BCUT2D eigenvalue weighted by Crippen LogP contribution is -2.24. The Morgan fingerprint density at radius 3 is 3.00 bits per heavy atom. The standard InChI is InChI=1S/C8H11N3OS/c1-9-8(13)11-7-5-6(12-2)3-4-10-7/h3-5H,1-2H3,(H2,9,10,11,13). The lowest BCUT2D eigenvalue weighted by Gasteiger charge is -2.06. The zero-order valence-electron chi connectivity index (χ0n) is 7.50. The number of rotatable bonds is 2. The van der Waals surface area contributed by atoms with E-state index in [1.807, 2.05) is 0 Å². The number of aromatic nitrogens is 1. The van der Waals surface area contributed by atoms with Crippen LogP contribution in [0.5, 0.6) is 5.75 Å². The zero-order valence-corrected chi connectivity index (χ0v) is 8.31. The summed E-state index contributed by atoms with van der Waals surface area (Å²) in [5.41, 5.74) is 0. The quantitative estimate of drug-likeness (QED) is 0.693. The Balaban J connectivity index is 2.71. The lowest BCUT2D eigenvalue weighted by molar-refractivity contribution is 0.414. The van der Waals surface area contributed by atoms with Gasteiger partial charge in [-0.1, -0.05) is 0 Å². The van der Waals surface area contributed by atoms with E-state index in [0.29, 0.717) is 10.9 Å². The van der Waals surface area contributed by atoms with E-state index >= 15 is 0 Å². The van der Waals surface area contributed by atoms with Crippen molar-refractivity contribution in [1.82, 2.24) is 10.3 Å². The summed E-state index contributed by atoms with van der Waals surface area (Å²) < 4.78 is 5.03. The molecule has 0 radical (unpaired) electrons. The van der Waals surface area contributed by atoms with E-state index in [1.54, 1.807) is 32.5 Å². The molecule has 0 aromatic carbocycles. The molecule has 0 amide bonds. The highest BCUT2D eigenvalue weighted by atomic mass is 32.1. The topological polar surface area (TPSA) is 46.2 Å². The van der Waals surface area contributed by atoms with Gasteiger partial charge in [0.15, 0.2) is 5.11 Å². The van der Waals surface area contributed by atoms with E-state index in [2.05, 4.69) is 15.6 Å². The Morgan fingerprint density at radius 1 is 1.62 bits per heavy atom. The van der Waals surface area contributed by atoms with E-state index in [1.165, 1.54) is 0 Å². The van der Waals surface area contributed by atoms with Gasteiger partial charge in [0.2, 0.25) is 0 Å². The molecule has 5 heteroatoms. The third-order valence-electron chi connectivity index (χ3n) is 1.44. The molecular formula is C8H11N3OS. The first-order valence-electron chi connectivity index (χ1n) is 3.75. The molecule has 0 aliphatic rings. The minimum absolute atomic E-state index is 0.528. The molecule has 1 rings (SSSR count). The largest absolute Gasteiger partial charge is 0.497 e. The van der Waals surface area contributed by atoms with E-state index in [-0.39, 0.29) is 0 Å². The average molecular weight is 197 g/mol. The molecule has 0 aliphatic carbocycles. The number of hydrogen-bond donors (Lipinski definition) is 2. The van der Waals surface area contributed by atoms with Crippen LogP contribution in [0.4, 0.5) is 5.82 Å². The molecule has 70 valence electrons. The number of anilines is 1. The molecule has 1 heterocycles. The number of pyridine rings is 1. The monoisotopic (exact) mass is 197 g/mol. The van der Waals surface area contributed by atoms with Crippen LogP contribution in [0.15, 0.2) is 18.3 Å². The van der Waals surface area contributed by atoms with Crippen molar-refractivity contribution in [3.63, 3.8) is 0 Å². The van der Waals surface area contributed by atoms with Crippen LogP contribution in [0.3, 0.4) is 0 Å². The molecule has 4 nitrogen and oxygen atoms in total. The number of nitrogens with one attached hydrogen (secondary N) is 2. The van der Waals surface area contributed by atoms with E-state index in [9.17, 15) is 0 Å². The summed E-state index contributed by atoms with van der Waals surface area (Å²) in [6.45, 7) is 0. The Bertz CT molecular complexity index is 303. The maximum Gasteiger partial charge on any atom is 0.171 e. The van der Waals surface area contributed by atoms with Crippen LogP contribution in [0.25, 0.3) is 0 Å². The molecule has 13 heavy (non-hydrogen) atoms. The summed E-state index contributed by atoms with van der Waals surface area (Å²) >= 11 is 4.91. The number of hydrogen-bond acceptors (Lipinski definition) is 3. The molecule has 0 bridgehead atoms. The van der Waals surface area contributed by atoms with Gasteiger partial charge in [0.25, 0.3) is 0 Å². The van der Waals surface area contributed by atoms with Crippen molar-refractivity contribution < 1.29 is 4.74 Å². The molecule has 0 saturated carbocycles. The van der Waals surface area contributed by atoms with Crippen LogP contribution in [-0.2, 0) is 0 Å². The molecule has 1 aromatic heterocycles. The third-order valence-corrected chi connectivity index (χ3v) is 1.74. The fraction of sp³-hybridized carbons (Fsp3) is 0.250. The predicted octanol–water partition coefficient (Wildman–Crippen LogP) is 1.01. The highest BCUT2D eigenvalue weighted by molar-refractivity contribution is 7.80. The van der Waals surface area contributed by atoms with E-state index in [4.69, 9.17) is 17.0 Å². The Morgan fingerprint density at radius 2 is 2.38 bits per heavy atom. The first-order chi connectivity index (χ1) is 6.26. The summed E-state index contributed by atoms with van der Waals surface area (Å²) in [5.74, 6) is 1.41. The van der Waals surface area contributed by atoms with Gasteiger partial charge in [-0.05, 0) is 18.3 Å². The maximum absolute atomic E-state index is 5.03. The molecule has 2 N–H and O–H groups in total. The van der Waals surface area contributed by atoms with E-state index < -0.39 is 0 Å². The van der Waals surface area contributed by atoms with Gasteiger partial charge in [-0.15, -0.1) is 0 Å². The number of methoxy groups -OCH3 is 1. The fourth-order valence-electron chi connectivity index (χ4n) is 0.785. The summed E-state index contributed by atoms with van der Waals surface area (Å²) in [7, 11) is 3.35. The van der Waals surface area contributed by atoms with Crippen molar-refractivity contribution >= 4 is 23.1 Å². The summed E-state index contributed by atoms with van der Waals surface area (Å²) in [5, 5.41) is 6.21. The zero-order chi connectivity index (χ0) is 9.68. The predicted molar refractivity (Wildman–Crippen MR) is 56.1 cm³/mol. The van der Waals surface area contributed by atoms with Gasteiger partial charge in [-0.25, -0.2) is 4.98 Å². The number of ether oxygens (including phenoxy) is 1. The molecule has 0 saturated heterocycles. The van der Waals surface area contributed by atoms with Crippen molar-refractivity contribution in [2.75, 3.05) is 19.5 Å². The number of nitrogens with zero attached hydrogens (tertiary/aromatic N) is 1. The van der Waals surface area contributed by atoms with Gasteiger partial charge < -0.3 is 15.4 Å². The van der Waals surface area contributed by atoms with E-state index in [0.717, 1.165) is 5.75 Å². The van der Waals surface area contributed by atoms with Gasteiger partial charge in [0, 0.05) is 19.3 Å². The Kier molecular flexibility index (Phi) is 3.45. The van der Waals surface area contributed by atoms with Crippen LogP contribution in [-0.4, -0.2) is 24.3 Å². The average Bonchev–Trinajstić information content (AvgIpc) is 2.18. The number of thiocarbonyl (C=S) groups is 1. The van der Waals surface area contributed by atoms with Crippen LogP contribution in [0.2, 0.25) is 0 Å². The minimum atomic E-state index is 0.528. The van der Waals surface area contributed by atoms with Crippen molar-refractivity contribution in [3.05, 3.63) is 18.3 Å².